The molecule has 0 aromatic heterocycles. The van der Waals surface area contributed by atoms with Crippen molar-refractivity contribution in [3.05, 3.63) is 82.9 Å². The van der Waals surface area contributed by atoms with Crippen LogP contribution in [0.2, 0.25) is 0 Å². The van der Waals surface area contributed by atoms with E-state index in [0.29, 0.717) is 35.5 Å². The normalized spacial score (nSPS) is 37.7. The molecule has 0 aliphatic heterocycles. The Morgan fingerprint density at radius 2 is 1.00 bits per heavy atom. The van der Waals surface area contributed by atoms with Crippen LogP contribution in [0.3, 0.4) is 0 Å². The summed E-state index contributed by atoms with van der Waals surface area (Å²) >= 11 is 0. The number of hydrogen-bond donors (Lipinski definition) is 0. The van der Waals surface area contributed by atoms with Gasteiger partial charge >= 0.3 is 0 Å². The highest BCUT2D eigenvalue weighted by atomic mass is 16.7. The number of benzene rings is 2. The molecule has 0 amide bonds. The molecular formula is C23H22O2. The van der Waals surface area contributed by atoms with Gasteiger partial charge in [-0.05, 0) is 34.1 Å². The quantitative estimate of drug-likeness (QED) is 0.603. The van der Waals surface area contributed by atoms with Crippen molar-refractivity contribution in [1.29, 1.82) is 0 Å². The zero-order valence-corrected chi connectivity index (χ0v) is 14.6. The van der Waals surface area contributed by atoms with Gasteiger partial charge in [0.05, 0.1) is 0 Å². The highest BCUT2D eigenvalue weighted by molar-refractivity contribution is 5.58. The smallest absolute Gasteiger partial charge is 0.180 e. The third kappa shape index (κ3) is 1.43. The summed E-state index contributed by atoms with van der Waals surface area (Å²) in [5.74, 6) is 2.18. The summed E-state index contributed by atoms with van der Waals surface area (Å²) in [4.78, 5) is 0. The highest BCUT2D eigenvalue weighted by Crippen LogP contribution is 2.71. The summed E-state index contributed by atoms with van der Waals surface area (Å²) in [7, 11) is 3.63. The Labute approximate surface area is 148 Å². The molecule has 0 saturated heterocycles. The molecule has 2 aromatic carbocycles. The van der Waals surface area contributed by atoms with E-state index in [1.165, 1.54) is 22.3 Å². The summed E-state index contributed by atoms with van der Waals surface area (Å²) in [5, 5.41) is 0. The van der Waals surface area contributed by atoms with Crippen LogP contribution in [0.4, 0.5) is 0 Å². The summed E-state index contributed by atoms with van der Waals surface area (Å²) in [6, 6.07) is 18.2. The first-order valence-corrected chi connectivity index (χ1v) is 9.28. The van der Waals surface area contributed by atoms with Crippen molar-refractivity contribution in [3.8, 4) is 0 Å². The Morgan fingerprint density at radius 3 is 1.32 bits per heavy atom. The number of rotatable bonds is 2. The van der Waals surface area contributed by atoms with Gasteiger partial charge in [0, 0.05) is 37.9 Å². The lowest BCUT2D eigenvalue weighted by molar-refractivity contribution is -0.234. The molecular weight excluding hydrogens is 308 g/mol. The SMILES string of the molecule is COC1(OC)C2C=CC1C1C3c4ccccc4C(c4ccccc43)C12. The molecule has 2 nitrogen and oxygen atoms in total. The standard InChI is InChI=1S/C23H22O2/c1-24-23(25-2)17-11-12-18(23)22-20-14-8-4-3-7-13(14)19(21(17)22)15-9-5-6-10-16(15)20/h3-12,17-22H,1-2H3. The topological polar surface area (TPSA) is 18.5 Å². The third-order valence-corrected chi connectivity index (χ3v) is 7.47. The molecule has 0 spiro atoms. The molecule has 2 heteroatoms. The van der Waals surface area contributed by atoms with Gasteiger partial charge in [-0.3, -0.25) is 0 Å². The summed E-state index contributed by atoms with van der Waals surface area (Å²) < 4.78 is 12.1. The van der Waals surface area contributed by atoms with E-state index in [9.17, 15) is 0 Å². The molecule has 0 heterocycles. The first-order chi connectivity index (χ1) is 12.3. The van der Waals surface area contributed by atoms with Crippen LogP contribution in [0, 0.1) is 23.7 Å². The lowest BCUT2D eigenvalue weighted by atomic mass is 9.52. The van der Waals surface area contributed by atoms with Gasteiger partial charge in [-0.25, -0.2) is 0 Å². The van der Waals surface area contributed by atoms with Crippen molar-refractivity contribution in [2.24, 2.45) is 23.7 Å². The second-order valence-corrected chi connectivity index (χ2v) is 7.93. The monoisotopic (exact) mass is 330 g/mol. The van der Waals surface area contributed by atoms with E-state index in [1.807, 2.05) is 14.2 Å². The fraction of sp³-hybridized carbons (Fsp3) is 0.391. The third-order valence-electron chi connectivity index (χ3n) is 7.47. The van der Waals surface area contributed by atoms with Gasteiger partial charge in [0.25, 0.3) is 0 Å². The lowest BCUT2D eigenvalue weighted by Gasteiger charge is -2.51. The number of fused-ring (bicyclic) bond motifs is 2. The van der Waals surface area contributed by atoms with Crippen LogP contribution in [0.15, 0.2) is 60.7 Å². The van der Waals surface area contributed by atoms with Gasteiger partial charge in [0.2, 0.25) is 0 Å². The van der Waals surface area contributed by atoms with Crippen molar-refractivity contribution in [2.75, 3.05) is 14.2 Å². The van der Waals surface area contributed by atoms with Gasteiger partial charge in [0.15, 0.2) is 5.79 Å². The van der Waals surface area contributed by atoms with Crippen LogP contribution in [0.1, 0.15) is 34.1 Å². The molecule has 25 heavy (non-hydrogen) atoms. The van der Waals surface area contributed by atoms with Crippen LogP contribution in [-0.4, -0.2) is 20.0 Å². The Balaban J connectivity index is 1.64. The largest absolute Gasteiger partial charge is 0.352 e. The maximum Gasteiger partial charge on any atom is 0.180 e. The average Bonchev–Trinajstić information content (AvgIpc) is 3.19. The second kappa shape index (κ2) is 4.63. The minimum atomic E-state index is -0.490. The fourth-order valence-corrected chi connectivity index (χ4v) is 6.81. The average molecular weight is 330 g/mol. The molecule has 126 valence electrons. The molecule has 5 aliphatic carbocycles. The van der Waals surface area contributed by atoms with Crippen molar-refractivity contribution in [2.45, 2.75) is 17.6 Å². The van der Waals surface area contributed by atoms with E-state index >= 15 is 0 Å². The van der Waals surface area contributed by atoms with Gasteiger partial charge in [-0.1, -0.05) is 60.7 Å². The molecule has 5 aliphatic rings. The zero-order chi connectivity index (χ0) is 16.8. The van der Waals surface area contributed by atoms with Crippen LogP contribution in [0.25, 0.3) is 0 Å². The summed E-state index contributed by atoms with van der Waals surface area (Å²) in [6.45, 7) is 0. The van der Waals surface area contributed by atoms with Crippen LogP contribution in [0.5, 0.6) is 0 Å². The highest BCUT2D eigenvalue weighted by Gasteiger charge is 2.69. The van der Waals surface area contributed by atoms with Gasteiger partial charge in [-0.2, -0.15) is 0 Å². The van der Waals surface area contributed by atoms with E-state index in [1.54, 1.807) is 0 Å². The van der Waals surface area contributed by atoms with Gasteiger partial charge in [0.1, 0.15) is 0 Å². The predicted molar refractivity (Wildman–Crippen MR) is 96.4 cm³/mol. The first kappa shape index (κ1) is 14.3. The van der Waals surface area contributed by atoms with E-state index < -0.39 is 5.79 Å². The van der Waals surface area contributed by atoms with E-state index in [-0.39, 0.29) is 0 Å². The zero-order valence-electron chi connectivity index (χ0n) is 14.6. The van der Waals surface area contributed by atoms with Gasteiger partial charge < -0.3 is 9.47 Å². The van der Waals surface area contributed by atoms with Gasteiger partial charge in [-0.15, -0.1) is 0 Å². The molecule has 7 rings (SSSR count). The van der Waals surface area contributed by atoms with Crippen molar-refractivity contribution >= 4 is 0 Å². The Bertz CT molecular complexity index is 779. The molecule has 2 aromatic rings. The van der Waals surface area contributed by atoms with E-state index in [0.717, 1.165) is 0 Å². The van der Waals surface area contributed by atoms with E-state index in [2.05, 4.69) is 60.7 Å². The number of hydrogen-bond acceptors (Lipinski definition) is 2. The van der Waals surface area contributed by atoms with Crippen molar-refractivity contribution in [1.82, 2.24) is 0 Å². The van der Waals surface area contributed by atoms with E-state index in [4.69, 9.17) is 9.47 Å². The van der Waals surface area contributed by atoms with Crippen LogP contribution >= 0.6 is 0 Å². The molecule has 1 saturated carbocycles. The molecule has 4 unspecified atom stereocenters. The molecule has 0 radical (unpaired) electrons. The first-order valence-electron chi connectivity index (χ1n) is 9.28. The Kier molecular flexibility index (Phi) is 2.65. The van der Waals surface area contributed by atoms with Crippen LogP contribution in [-0.2, 0) is 9.47 Å². The maximum absolute atomic E-state index is 6.06. The van der Waals surface area contributed by atoms with Crippen molar-refractivity contribution in [3.63, 3.8) is 0 Å². The maximum atomic E-state index is 6.06. The molecule has 4 atom stereocenters. The fourth-order valence-electron chi connectivity index (χ4n) is 6.81. The number of ether oxygens (including phenoxy) is 2. The van der Waals surface area contributed by atoms with Crippen LogP contribution < -0.4 is 0 Å². The minimum absolute atomic E-state index is 0.326. The second-order valence-electron chi connectivity index (χ2n) is 7.93. The number of methoxy groups -OCH3 is 2. The molecule has 1 fully saturated rings. The Morgan fingerprint density at radius 1 is 0.640 bits per heavy atom. The molecule has 4 bridgehead atoms. The summed E-state index contributed by atoms with van der Waals surface area (Å²) in [5.41, 5.74) is 6.09. The Hall–Kier alpha value is -1.90. The summed E-state index contributed by atoms with van der Waals surface area (Å²) in [6.07, 6.45) is 4.73. The lowest BCUT2D eigenvalue weighted by Crippen LogP contribution is -2.41. The molecule has 0 N–H and O–H groups in total. The van der Waals surface area contributed by atoms with Crippen molar-refractivity contribution < 1.29 is 9.47 Å². The predicted octanol–water partition coefficient (Wildman–Crippen LogP) is 4.31. The minimum Gasteiger partial charge on any atom is -0.352 e.